The third-order valence-electron chi connectivity index (χ3n) is 2.90. The number of hydrogen-bond donors (Lipinski definition) is 2. The highest BCUT2D eigenvalue weighted by Crippen LogP contribution is 2.31. The molecule has 4 nitrogen and oxygen atoms in total. The monoisotopic (exact) mass is 254 g/mol. The molecule has 1 heterocycles. The predicted octanol–water partition coefficient (Wildman–Crippen LogP) is 2.87. The average molecular weight is 254 g/mol. The van der Waals surface area contributed by atoms with Crippen molar-refractivity contribution >= 4 is 11.0 Å². The van der Waals surface area contributed by atoms with Crippen LogP contribution in [0.3, 0.4) is 0 Å². The van der Waals surface area contributed by atoms with Gasteiger partial charge in [-0.15, -0.1) is 0 Å². The summed E-state index contributed by atoms with van der Waals surface area (Å²) < 4.78 is 5.53. The molecule has 3 rings (SSSR count). The van der Waals surface area contributed by atoms with Crippen molar-refractivity contribution in [3.8, 4) is 22.8 Å². The Bertz CT molecular complexity index is 818. The second-order valence-electron chi connectivity index (χ2n) is 4.15. The molecule has 0 saturated heterocycles. The van der Waals surface area contributed by atoms with Crippen molar-refractivity contribution in [3.05, 3.63) is 58.8 Å². The predicted molar refractivity (Wildman–Crippen MR) is 71.2 cm³/mol. The van der Waals surface area contributed by atoms with Crippen LogP contribution in [0.2, 0.25) is 0 Å². The SMILES string of the molecule is O=c1cc(-c2ccccc2O)oc2c(O)cccc12. The molecule has 2 N–H and O–H groups in total. The third-order valence-corrected chi connectivity index (χ3v) is 2.90. The third kappa shape index (κ3) is 1.83. The van der Waals surface area contributed by atoms with E-state index in [0.29, 0.717) is 10.9 Å². The van der Waals surface area contributed by atoms with Gasteiger partial charge < -0.3 is 14.6 Å². The molecule has 0 aliphatic rings. The molecule has 0 fully saturated rings. The molecule has 0 aliphatic heterocycles. The highest BCUT2D eigenvalue weighted by molar-refractivity contribution is 5.84. The molecule has 0 atom stereocenters. The molecule has 94 valence electrons. The van der Waals surface area contributed by atoms with E-state index >= 15 is 0 Å². The number of rotatable bonds is 1. The standard InChI is InChI=1S/C15H10O4/c16-11-6-2-1-4-9(11)14-8-13(18)10-5-3-7-12(17)15(10)19-14/h1-8,16-17H. The molecule has 0 spiro atoms. The smallest absolute Gasteiger partial charge is 0.193 e. The maximum Gasteiger partial charge on any atom is 0.193 e. The van der Waals surface area contributed by atoms with Gasteiger partial charge in [-0.05, 0) is 24.3 Å². The fourth-order valence-electron chi connectivity index (χ4n) is 1.98. The molecule has 0 amide bonds. The first-order valence-corrected chi connectivity index (χ1v) is 5.71. The normalized spacial score (nSPS) is 10.7. The topological polar surface area (TPSA) is 70.7 Å². The summed E-state index contributed by atoms with van der Waals surface area (Å²) in [5.74, 6) is 0.129. The molecule has 4 heteroatoms. The first kappa shape index (κ1) is 11.3. The van der Waals surface area contributed by atoms with Crippen LogP contribution in [0.1, 0.15) is 0 Å². The van der Waals surface area contributed by atoms with E-state index in [1.54, 1.807) is 30.3 Å². The van der Waals surface area contributed by atoms with Gasteiger partial charge in [-0.25, -0.2) is 0 Å². The first-order chi connectivity index (χ1) is 9.16. The van der Waals surface area contributed by atoms with Crippen molar-refractivity contribution in [2.45, 2.75) is 0 Å². The van der Waals surface area contributed by atoms with E-state index in [1.165, 1.54) is 18.2 Å². The van der Waals surface area contributed by atoms with Gasteiger partial charge in [0.15, 0.2) is 16.8 Å². The van der Waals surface area contributed by atoms with Gasteiger partial charge in [-0.2, -0.15) is 0 Å². The Hall–Kier alpha value is -2.75. The average Bonchev–Trinajstić information content (AvgIpc) is 2.40. The molecule has 0 unspecified atom stereocenters. The lowest BCUT2D eigenvalue weighted by atomic mass is 10.1. The Balaban J connectivity index is 2.36. The van der Waals surface area contributed by atoms with Gasteiger partial charge in [-0.1, -0.05) is 18.2 Å². The van der Waals surface area contributed by atoms with Gasteiger partial charge in [0.25, 0.3) is 0 Å². The van der Waals surface area contributed by atoms with Crippen molar-refractivity contribution in [2.24, 2.45) is 0 Å². The number of fused-ring (bicyclic) bond motifs is 1. The van der Waals surface area contributed by atoms with Crippen molar-refractivity contribution in [2.75, 3.05) is 0 Å². The van der Waals surface area contributed by atoms with Crippen LogP contribution in [0.15, 0.2) is 57.7 Å². The zero-order chi connectivity index (χ0) is 13.4. The van der Waals surface area contributed by atoms with Crippen LogP contribution < -0.4 is 5.43 Å². The summed E-state index contributed by atoms with van der Waals surface area (Å²) >= 11 is 0. The molecular formula is C15H10O4. The Morgan fingerprint density at radius 3 is 2.42 bits per heavy atom. The van der Waals surface area contributed by atoms with Crippen LogP contribution in [0.5, 0.6) is 11.5 Å². The number of phenolic OH excluding ortho intramolecular Hbond substituents is 2. The van der Waals surface area contributed by atoms with E-state index in [1.807, 2.05) is 0 Å². The largest absolute Gasteiger partial charge is 0.507 e. The van der Waals surface area contributed by atoms with Crippen molar-refractivity contribution < 1.29 is 14.6 Å². The first-order valence-electron chi connectivity index (χ1n) is 5.71. The second kappa shape index (κ2) is 4.17. The fourth-order valence-corrected chi connectivity index (χ4v) is 1.98. The summed E-state index contributed by atoms with van der Waals surface area (Å²) in [6.07, 6.45) is 0. The van der Waals surface area contributed by atoms with Gasteiger partial charge in [0.1, 0.15) is 11.5 Å². The lowest BCUT2D eigenvalue weighted by Crippen LogP contribution is -2.00. The Morgan fingerprint density at radius 2 is 1.63 bits per heavy atom. The molecule has 19 heavy (non-hydrogen) atoms. The number of benzene rings is 2. The van der Waals surface area contributed by atoms with Crippen molar-refractivity contribution in [1.82, 2.24) is 0 Å². The minimum absolute atomic E-state index is 0.0143. The van der Waals surface area contributed by atoms with Crippen LogP contribution in [-0.2, 0) is 0 Å². The molecule has 3 aromatic rings. The van der Waals surface area contributed by atoms with Crippen LogP contribution in [-0.4, -0.2) is 10.2 Å². The summed E-state index contributed by atoms with van der Waals surface area (Å²) in [7, 11) is 0. The van der Waals surface area contributed by atoms with Crippen LogP contribution in [0.4, 0.5) is 0 Å². The molecule has 2 aromatic carbocycles. The highest BCUT2D eigenvalue weighted by atomic mass is 16.4. The number of para-hydroxylation sites is 2. The lowest BCUT2D eigenvalue weighted by molar-refractivity contribution is 0.461. The van der Waals surface area contributed by atoms with Gasteiger partial charge in [0, 0.05) is 6.07 Å². The van der Waals surface area contributed by atoms with Crippen molar-refractivity contribution in [3.63, 3.8) is 0 Å². The van der Waals surface area contributed by atoms with Crippen LogP contribution in [0, 0.1) is 0 Å². The zero-order valence-corrected chi connectivity index (χ0v) is 9.83. The number of hydrogen-bond acceptors (Lipinski definition) is 4. The summed E-state index contributed by atoms with van der Waals surface area (Å²) in [5.41, 5.74) is 0.258. The fraction of sp³-hybridized carbons (Fsp3) is 0. The Morgan fingerprint density at radius 1 is 0.895 bits per heavy atom. The minimum atomic E-state index is -0.268. The molecule has 1 aromatic heterocycles. The van der Waals surface area contributed by atoms with Gasteiger partial charge in [0.05, 0.1) is 10.9 Å². The van der Waals surface area contributed by atoms with E-state index in [2.05, 4.69) is 0 Å². The van der Waals surface area contributed by atoms with E-state index in [4.69, 9.17) is 4.42 Å². The number of aromatic hydroxyl groups is 2. The van der Waals surface area contributed by atoms with E-state index in [-0.39, 0.29) is 28.3 Å². The van der Waals surface area contributed by atoms with Gasteiger partial charge >= 0.3 is 0 Å². The molecular weight excluding hydrogens is 244 g/mol. The zero-order valence-electron chi connectivity index (χ0n) is 9.83. The maximum absolute atomic E-state index is 12.0. The highest BCUT2D eigenvalue weighted by Gasteiger charge is 2.11. The minimum Gasteiger partial charge on any atom is -0.507 e. The summed E-state index contributed by atoms with van der Waals surface area (Å²) in [6.45, 7) is 0. The van der Waals surface area contributed by atoms with E-state index in [0.717, 1.165) is 0 Å². The second-order valence-corrected chi connectivity index (χ2v) is 4.15. The van der Waals surface area contributed by atoms with Crippen LogP contribution in [0.25, 0.3) is 22.3 Å². The number of phenols is 2. The molecule has 0 aliphatic carbocycles. The Kier molecular flexibility index (Phi) is 2.49. The lowest BCUT2D eigenvalue weighted by Gasteiger charge is -2.05. The van der Waals surface area contributed by atoms with Crippen molar-refractivity contribution in [1.29, 1.82) is 0 Å². The summed E-state index contributed by atoms with van der Waals surface area (Å²) in [4.78, 5) is 12.0. The van der Waals surface area contributed by atoms with Crippen LogP contribution >= 0.6 is 0 Å². The maximum atomic E-state index is 12.0. The van der Waals surface area contributed by atoms with Gasteiger partial charge in [0.2, 0.25) is 0 Å². The summed E-state index contributed by atoms with van der Waals surface area (Å²) in [6, 6.07) is 12.4. The van der Waals surface area contributed by atoms with Gasteiger partial charge in [-0.3, -0.25) is 4.79 Å². The quantitative estimate of drug-likeness (QED) is 0.700. The summed E-state index contributed by atoms with van der Waals surface area (Å²) in [5, 5.41) is 19.8. The molecule has 0 bridgehead atoms. The van der Waals surface area contributed by atoms with E-state index < -0.39 is 0 Å². The molecule has 0 radical (unpaired) electrons. The van der Waals surface area contributed by atoms with E-state index in [9.17, 15) is 15.0 Å². The molecule has 0 saturated carbocycles. The Labute approximate surface area is 108 Å².